The van der Waals surface area contributed by atoms with Gasteiger partial charge in [-0.2, -0.15) is 0 Å². The van der Waals surface area contributed by atoms with Crippen LogP contribution in [0, 0.1) is 5.82 Å². The molecule has 1 aromatic heterocycles. The number of thiophene rings is 1. The van der Waals surface area contributed by atoms with Gasteiger partial charge in [-0.3, -0.25) is 4.79 Å². The first-order chi connectivity index (χ1) is 8.75. The molecular formula is C14H12FNOS. The van der Waals surface area contributed by atoms with Crippen LogP contribution in [0.1, 0.15) is 20.8 Å². The van der Waals surface area contributed by atoms with Crippen LogP contribution in [0.25, 0.3) is 0 Å². The molecule has 92 valence electrons. The van der Waals surface area contributed by atoms with Crippen LogP contribution < -0.4 is 0 Å². The highest BCUT2D eigenvalue weighted by molar-refractivity contribution is 7.10. The minimum absolute atomic E-state index is 0.163. The van der Waals surface area contributed by atoms with Crippen molar-refractivity contribution in [1.82, 2.24) is 4.90 Å². The van der Waals surface area contributed by atoms with Gasteiger partial charge >= 0.3 is 0 Å². The summed E-state index contributed by atoms with van der Waals surface area (Å²) >= 11 is 1.73. The molecule has 0 N–H and O–H groups in total. The van der Waals surface area contributed by atoms with Crippen LogP contribution in [0.2, 0.25) is 0 Å². The number of hydrogen-bond donors (Lipinski definition) is 0. The van der Waals surface area contributed by atoms with Crippen molar-refractivity contribution in [1.29, 1.82) is 0 Å². The molecule has 1 aliphatic heterocycles. The third kappa shape index (κ3) is 1.93. The van der Waals surface area contributed by atoms with E-state index in [0.29, 0.717) is 13.1 Å². The van der Waals surface area contributed by atoms with Gasteiger partial charge in [-0.1, -0.05) is 12.1 Å². The Morgan fingerprint density at radius 3 is 2.94 bits per heavy atom. The SMILES string of the molecule is O=C(c1ccccc1F)N1CCc2sccc2C1. The lowest BCUT2D eigenvalue weighted by Crippen LogP contribution is -2.35. The van der Waals surface area contributed by atoms with E-state index >= 15 is 0 Å². The second-order valence-corrected chi connectivity index (χ2v) is 5.33. The van der Waals surface area contributed by atoms with Crippen molar-refractivity contribution in [2.75, 3.05) is 6.54 Å². The minimum Gasteiger partial charge on any atom is -0.334 e. The maximum Gasteiger partial charge on any atom is 0.257 e. The smallest absolute Gasteiger partial charge is 0.257 e. The highest BCUT2D eigenvalue weighted by atomic mass is 32.1. The molecule has 0 saturated heterocycles. The average Bonchev–Trinajstić information content (AvgIpc) is 2.85. The van der Waals surface area contributed by atoms with Crippen LogP contribution in [0.15, 0.2) is 35.7 Å². The van der Waals surface area contributed by atoms with E-state index in [0.717, 1.165) is 6.42 Å². The summed E-state index contributed by atoms with van der Waals surface area (Å²) in [5.74, 6) is -0.663. The molecule has 1 amide bonds. The molecule has 0 fully saturated rings. The van der Waals surface area contributed by atoms with Crippen LogP contribution in [-0.2, 0) is 13.0 Å². The number of rotatable bonds is 1. The van der Waals surface area contributed by atoms with E-state index in [1.54, 1.807) is 34.4 Å². The lowest BCUT2D eigenvalue weighted by molar-refractivity contribution is 0.0731. The Morgan fingerprint density at radius 1 is 1.28 bits per heavy atom. The van der Waals surface area contributed by atoms with E-state index in [1.165, 1.54) is 16.5 Å². The first-order valence-electron chi connectivity index (χ1n) is 5.85. The second kappa shape index (κ2) is 4.53. The number of fused-ring (bicyclic) bond motifs is 1. The molecule has 0 bridgehead atoms. The lowest BCUT2D eigenvalue weighted by atomic mass is 10.1. The Hall–Kier alpha value is -1.68. The monoisotopic (exact) mass is 261 g/mol. The lowest BCUT2D eigenvalue weighted by Gasteiger charge is -2.27. The van der Waals surface area contributed by atoms with Crippen molar-refractivity contribution in [3.05, 3.63) is 57.5 Å². The summed E-state index contributed by atoms with van der Waals surface area (Å²) < 4.78 is 13.6. The zero-order chi connectivity index (χ0) is 12.5. The van der Waals surface area contributed by atoms with Gasteiger partial charge in [0.1, 0.15) is 5.82 Å². The molecule has 4 heteroatoms. The number of amides is 1. The average molecular weight is 261 g/mol. The summed E-state index contributed by atoms with van der Waals surface area (Å²) in [5.41, 5.74) is 1.35. The molecule has 3 rings (SSSR count). The Balaban J connectivity index is 1.85. The van der Waals surface area contributed by atoms with Crippen LogP contribution in [0.5, 0.6) is 0 Å². The van der Waals surface area contributed by atoms with Crippen molar-refractivity contribution in [3.63, 3.8) is 0 Å². The summed E-state index contributed by atoms with van der Waals surface area (Å²) in [4.78, 5) is 15.3. The Labute approximate surface area is 109 Å². The van der Waals surface area contributed by atoms with Crippen molar-refractivity contribution in [3.8, 4) is 0 Å². The molecule has 1 aliphatic rings. The van der Waals surface area contributed by atoms with Crippen molar-refractivity contribution < 1.29 is 9.18 Å². The minimum atomic E-state index is -0.446. The first kappa shape index (κ1) is 11.4. The number of carbonyl (C=O) groups is 1. The van der Waals surface area contributed by atoms with Gasteiger partial charge in [0, 0.05) is 18.0 Å². The molecule has 0 saturated carbocycles. The van der Waals surface area contributed by atoms with Crippen molar-refractivity contribution in [2.24, 2.45) is 0 Å². The zero-order valence-corrected chi connectivity index (χ0v) is 10.5. The van der Waals surface area contributed by atoms with Crippen LogP contribution in [0.4, 0.5) is 4.39 Å². The summed E-state index contributed by atoms with van der Waals surface area (Å²) in [5, 5.41) is 2.04. The predicted molar refractivity (Wildman–Crippen MR) is 69.2 cm³/mol. The molecular weight excluding hydrogens is 249 g/mol. The van der Waals surface area contributed by atoms with Crippen LogP contribution in [-0.4, -0.2) is 17.4 Å². The summed E-state index contributed by atoms with van der Waals surface area (Å²) in [6.07, 6.45) is 0.868. The second-order valence-electron chi connectivity index (χ2n) is 4.33. The molecule has 18 heavy (non-hydrogen) atoms. The van der Waals surface area contributed by atoms with Gasteiger partial charge in [0.15, 0.2) is 0 Å². The molecule has 0 unspecified atom stereocenters. The van der Waals surface area contributed by atoms with Gasteiger partial charge in [0.05, 0.1) is 5.56 Å². The Kier molecular flexibility index (Phi) is 2.88. The highest BCUT2D eigenvalue weighted by Crippen LogP contribution is 2.25. The summed E-state index contributed by atoms with van der Waals surface area (Å²) in [6.45, 7) is 1.26. The summed E-state index contributed by atoms with van der Waals surface area (Å²) in [6, 6.07) is 8.20. The van der Waals surface area contributed by atoms with Gasteiger partial charge in [0.25, 0.3) is 5.91 Å². The van der Waals surface area contributed by atoms with E-state index in [-0.39, 0.29) is 11.5 Å². The topological polar surface area (TPSA) is 20.3 Å². The zero-order valence-electron chi connectivity index (χ0n) is 9.73. The van der Waals surface area contributed by atoms with Gasteiger partial charge in [0.2, 0.25) is 0 Å². The number of halogens is 1. The molecule has 0 atom stereocenters. The molecule has 0 aliphatic carbocycles. The molecule has 2 aromatic rings. The van der Waals surface area contributed by atoms with E-state index in [4.69, 9.17) is 0 Å². The predicted octanol–water partition coefficient (Wildman–Crippen LogP) is 3.09. The normalized spacial score (nSPS) is 14.4. The first-order valence-corrected chi connectivity index (χ1v) is 6.73. The third-order valence-corrected chi connectivity index (χ3v) is 4.22. The number of benzene rings is 1. The molecule has 0 spiro atoms. The van der Waals surface area contributed by atoms with Gasteiger partial charge < -0.3 is 4.90 Å². The Bertz CT molecular complexity index is 593. The number of nitrogens with zero attached hydrogens (tertiary/aromatic N) is 1. The van der Waals surface area contributed by atoms with E-state index in [2.05, 4.69) is 0 Å². The third-order valence-electron chi connectivity index (χ3n) is 3.20. The largest absolute Gasteiger partial charge is 0.334 e. The van der Waals surface area contributed by atoms with E-state index < -0.39 is 5.82 Å². The van der Waals surface area contributed by atoms with E-state index in [1.807, 2.05) is 11.4 Å². The van der Waals surface area contributed by atoms with Crippen LogP contribution >= 0.6 is 11.3 Å². The highest BCUT2D eigenvalue weighted by Gasteiger charge is 2.23. The number of carbonyl (C=O) groups excluding carboxylic acids is 1. The fourth-order valence-corrected chi connectivity index (χ4v) is 3.12. The Morgan fingerprint density at radius 2 is 2.11 bits per heavy atom. The fourth-order valence-electron chi connectivity index (χ4n) is 2.23. The summed E-state index contributed by atoms with van der Waals surface area (Å²) in [7, 11) is 0. The van der Waals surface area contributed by atoms with E-state index in [9.17, 15) is 9.18 Å². The van der Waals surface area contributed by atoms with Crippen molar-refractivity contribution in [2.45, 2.75) is 13.0 Å². The fraction of sp³-hybridized carbons (Fsp3) is 0.214. The van der Waals surface area contributed by atoms with Gasteiger partial charge in [-0.15, -0.1) is 11.3 Å². The van der Waals surface area contributed by atoms with Gasteiger partial charge in [-0.05, 0) is 35.6 Å². The molecule has 2 heterocycles. The quantitative estimate of drug-likeness (QED) is 0.772. The van der Waals surface area contributed by atoms with Crippen LogP contribution in [0.3, 0.4) is 0 Å². The molecule has 1 aromatic carbocycles. The van der Waals surface area contributed by atoms with Crippen molar-refractivity contribution >= 4 is 17.2 Å². The maximum absolute atomic E-state index is 13.6. The standard InChI is InChI=1S/C14H12FNOS/c15-12-4-2-1-3-11(12)14(17)16-7-5-13-10(9-16)6-8-18-13/h1-4,6,8H,5,7,9H2. The molecule has 2 nitrogen and oxygen atoms in total. The molecule has 0 radical (unpaired) electrons. The number of hydrogen-bond acceptors (Lipinski definition) is 2. The maximum atomic E-state index is 13.6. The van der Waals surface area contributed by atoms with Gasteiger partial charge in [-0.25, -0.2) is 4.39 Å².